The molecule has 0 amide bonds. The minimum atomic E-state index is -3.26. The van der Waals surface area contributed by atoms with Gasteiger partial charge in [-0.05, 0) is 71.8 Å². The summed E-state index contributed by atoms with van der Waals surface area (Å²) >= 11 is 0. The van der Waals surface area contributed by atoms with E-state index in [1.54, 1.807) is 36.5 Å². The van der Waals surface area contributed by atoms with E-state index >= 15 is 0 Å². The smallest absolute Gasteiger partial charge is 0.387 e. The van der Waals surface area contributed by atoms with Crippen molar-refractivity contribution < 1.29 is 36.2 Å². The number of pyridine rings is 2. The van der Waals surface area contributed by atoms with E-state index in [1.165, 1.54) is 36.7 Å². The van der Waals surface area contributed by atoms with Crippen LogP contribution in [0.4, 0.5) is 27.8 Å². The molecule has 11 heteroatoms. The van der Waals surface area contributed by atoms with Gasteiger partial charge in [0.05, 0.1) is 5.54 Å². The molecule has 2 heterocycles. The highest BCUT2D eigenvalue weighted by Crippen LogP contribution is 2.38. The molecule has 1 N–H and O–H groups in total. The topological polar surface area (TPSA) is 70.3 Å². The maximum absolute atomic E-state index is 13.6. The van der Waals surface area contributed by atoms with Crippen LogP contribution in [0.15, 0.2) is 85.3 Å². The molecular formula is C31H30F5N3O3. The van der Waals surface area contributed by atoms with Gasteiger partial charge in [-0.1, -0.05) is 38.1 Å². The first kappa shape index (κ1) is 30.5. The third-order valence-electron chi connectivity index (χ3n) is 7.27. The Hall–Kier alpha value is -4.41. The molecule has 4 rings (SSSR count). The predicted octanol–water partition coefficient (Wildman–Crippen LogP) is 7.56. The quantitative estimate of drug-likeness (QED) is 0.0994. The maximum atomic E-state index is 13.6. The van der Waals surface area contributed by atoms with Crippen molar-refractivity contribution in [2.45, 2.75) is 57.8 Å². The number of rotatable bonds is 13. The van der Waals surface area contributed by atoms with Gasteiger partial charge in [0.15, 0.2) is 23.9 Å². The first-order valence-electron chi connectivity index (χ1n) is 13.3. The molecule has 0 spiro atoms. The van der Waals surface area contributed by atoms with Gasteiger partial charge in [0.25, 0.3) is 0 Å². The number of ether oxygens (including phenoxy) is 2. The number of nitrogens with zero attached hydrogens (tertiary/aromatic N) is 2. The van der Waals surface area contributed by atoms with E-state index in [-0.39, 0.29) is 5.82 Å². The minimum Gasteiger partial charge on any atom is -0.619 e. The number of alkyl halides is 4. The van der Waals surface area contributed by atoms with E-state index in [9.17, 15) is 27.2 Å². The summed E-state index contributed by atoms with van der Waals surface area (Å²) in [7, 11) is 0. The third kappa shape index (κ3) is 7.45. The number of aromatic nitrogens is 2. The summed E-state index contributed by atoms with van der Waals surface area (Å²) in [4.78, 5) is 4.62. The van der Waals surface area contributed by atoms with E-state index in [4.69, 9.17) is 0 Å². The van der Waals surface area contributed by atoms with Gasteiger partial charge in [-0.2, -0.15) is 22.3 Å². The Morgan fingerprint density at radius 1 is 0.833 bits per heavy atom. The Morgan fingerprint density at radius 2 is 1.45 bits per heavy atom. The number of hydrogen-bond acceptors (Lipinski definition) is 5. The molecule has 1 unspecified atom stereocenters. The second kappa shape index (κ2) is 13.5. The fourth-order valence-corrected chi connectivity index (χ4v) is 4.97. The molecule has 0 saturated heterocycles. The summed E-state index contributed by atoms with van der Waals surface area (Å²) in [6, 6.07) is 17.1. The maximum Gasteiger partial charge on any atom is 0.387 e. The Kier molecular flexibility index (Phi) is 9.82. The van der Waals surface area contributed by atoms with E-state index in [2.05, 4.69) is 19.8 Å². The van der Waals surface area contributed by atoms with Gasteiger partial charge in [-0.3, -0.25) is 0 Å². The Morgan fingerprint density at radius 3 is 2.02 bits per heavy atom. The monoisotopic (exact) mass is 587 g/mol. The van der Waals surface area contributed by atoms with Crippen LogP contribution >= 0.6 is 0 Å². The van der Waals surface area contributed by atoms with Crippen molar-refractivity contribution in [3.8, 4) is 11.5 Å². The van der Waals surface area contributed by atoms with Crippen molar-refractivity contribution >= 4 is 5.82 Å². The number of benzene rings is 2. The van der Waals surface area contributed by atoms with Crippen molar-refractivity contribution in [1.29, 1.82) is 0 Å². The fourth-order valence-electron chi connectivity index (χ4n) is 4.97. The zero-order valence-corrected chi connectivity index (χ0v) is 22.9. The SMILES string of the molecule is CCC(CC)(Nc1ccc(C(Cc2cc[n+]([O-])cc2)c2ccc(OC(F)F)c(OC(F)F)c2)cn1)c1ccc(F)cc1. The van der Waals surface area contributed by atoms with Crippen molar-refractivity contribution in [2.75, 3.05) is 5.32 Å². The van der Waals surface area contributed by atoms with Gasteiger partial charge in [0.1, 0.15) is 11.6 Å². The standard InChI is InChI=1S/C31H30F5N3O3/c1-3-31(4-2,23-7-9-24(32)10-8-23)38-28-12-6-22(19-37-28)25(17-20-13-15-39(40)16-14-20)21-5-11-26(41-29(33)34)27(18-21)42-30(35)36/h5-16,18-19,25,29-30H,3-4,17H2,1-2H3,(H,37,38). The molecule has 42 heavy (non-hydrogen) atoms. The van der Waals surface area contributed by atoms with Crippen LogP contribution in [0.5, 0.6) is 11.5 Å². The van der Waals surface area contributed by atoms with Crippen LogP contribution in [0.25, 0.3) is 0 Å². The van der Waals surface area contributed by atoms with Crippen LogP contribution in [-0.4, -0.2) is 18.2 Å². The zero-order valence-electron chi connectivity index (χ0n) is 22.9. The molecule has 222 valence electrons. The van der Waals surface area contributed by atoms with Gasteiger partial charge < -0.3 is 20.0 Å². The lowest BCUT2D eigenvalue weighted by molar-refractivity contribution is -0.605. The lowest BCUT2D eigenvalue weighted by Crippen LogP contribution is -2.34. The number of anilines is 1. The van der Waals surface area contributed by atoms with Gasteiger partial charge in [-0.15, -0.1) is 0 Å². The van der Waals surface area contributed by atoms with Gasteiger partial charge in [0.2, 0.25) is 0 Å². The van der Waals surface area contributed by atoms with E-state index in [0.29, 0.717) is 40.9 Å². The van der Waals surface area contributed by atoms with Crippen molar-refractivity contribution in [2.24, 2.45) is 0 Å². The molecule has 0 bridgehead atoms. The molecule has 0 radical (unpaired) electrons. The molecule has 2 aromatic heterocycles. The summed E-state index contributed by atoms with van der Waals surface area (Å²) in [5, 5.41) is 15.0. The van der Waals surface area contributed by atoms with Crippen molar-refractivity contribution in [1.82, 2.24) is 4.98 Å². The normalized spacial score (nSPS) is 12.4. The summed E-state index contributed by atoms with van der Waals surface area (Å²) in [5.74, 6) is -1.28. The van der Waals surface area contributed by atoms with Gasteiger partial charge in [0, 0.05) is 24.2 Å². The second-order valence-corrected chi connectivity index (χ2v) is 9.68. The first-order chi connectivity index (χ1) is 20.1. The first-order valence-corrected chi connectivity index (χ1v) is 13.3. The number of nitrogens with one attached hydrogen (secondary N) is 1. The highest BCUT2D eigenvalue weighted by atomic mass is 19.3. The molecular weight excluding hydrogens is 557 g/mol. The third-order valence-corrected chi connectivity index (χ3v) is 7.27. The Labute approximate surface area is 240 Å². The Bertz CT molecular complexity index is 1430. The molecule has 0 aliphatic carbocycles. The average molecular weight is 588 g/mol. The highest BCUT2D eigenvalue weighted by molar-refractivity contribution is 5.48. The average Bonchev–Trinajstić information content (AvgIpc) is 2.97. The lowest BCUT2D eigenvalue weighted by atomic mass is 9.84. The zero-order chi connectivity index (χ0) is 30.3. The summed E-state index contributed by atoms with van der Waals surface area (Å²) < 4.78 is 75.1. The summed E-state index contributed by atoms with van der Waals surface area (Å²) in [6.07, 6.45) is 6.06. The van der Waals surface area contributed by atoms with Gasteiger partial charge >= 0.3 is 13.2 Å². The number of halogens is 5. The lowest BCUT2D eigenvalue weighted by Gasteiger charge is -2.34. The largest absolute Gasteiger partial charge is 0.619 e. The highest BCUT2D eigenvalue weighted by Gasteiger charge is 2.29. The van der Waals surface area contributed by atoms with Crippen LogP contribution in [0.1, 0.15) is 54.9 Å². The molecule has 0 fully saturated rings. The van der Waals surface area contributed by atoms with E-state index in [0.717, 1.165) is 17.2 Å². The molecule has 0 saturated carbocycles. The molecule has 0 aliphatic heterocycles. The van der Waals surface area contributed by atoms with Crippen molar-refractivity contribution in [3.63, 3.8) is 0 Å². The van der Waals surface area contributed by atoms with Crippen LogP contribution in [-0.2, 0) is 12.0 Å². The van der Waals surface area contributed by atoms with Crippen LogP contribution in [0.3, 0.4) is 0 Å². The van der Waals surface area contributed by atoms with Crippen LogP contribution < -0.4 is 19.5 Å². The van der Waals surface area contributed by atoms with Crippen molar-refractivity contribution in [3.05, 3.63) is 119 Å². The van der Waals surface area contributed by atoms with Crippen LogP contribution in [0.2, 0.25) is 0 Å². The summed E-state index contributed by atoms with van der Waals surface area (Å²) in [6.45, 7) is -2.44. The molecule has 6 nitrogen and oxygen atoms in total. The summed E-state index contributed by atoms with van der Waals surface area (Å²) in [5.41, 5.74) is 2.36. The molecule has 2 aromatic carbocycles. The molecule has 1 atom stereocenters. The second-order valence-electron chi connectivity index (χ2n) is 9.68. The van der Waals surface area contributed by atoms with Gasteiger partial charge in [-0.25, -0.2) is 9.37 Å². The van der Waals surface area contributed by atoms with E-state index in [1.807, 2.05) is 19.9 Å². The Balaban J connectivity index is 1.70. The predicted molar refractivity (Wildman–Crippen MR) is 147 cm³/mol. The fraction of sp³-hybridized carbons (Fsp3) is 0.290. The minimum absolute atomic E-state index is 0.326. The molecule has 0 aliphatic rings. The molecule has 4 aromatic rings. The number of hydrogen-bond donors (Lipinski definition) is 1. The van der Waals surface area contributed by atoms with Crippen LogP contribution in [0, 0.1) is 11.0 Å². The van der Waals surface area contributed by atoms with E-state index < -0.39 is 36.2 Å².